The minimum Gasteiger partial charge on any atom is -0.360 e. The zero-order valence-corrected chi connectivity index (χ0v) is 12.6. The Kier molecular flexibility index (Phi) is 4.94. The highest BCUT2D eigenvalue weighted by Crippen LogP contribution is 2.14. The molecule has 0 aromatic heterocycles. The summed E-state index contributed by atoms with van der Waals surface area (Å²) in [6.07, 6.45) is 1.41. The number of nitriles is 1. The Bertz CT molecular complexity index is 740. The number of nitrogens with zero attached hydrogens (tertiary/aromatic N) is 1. The van der Waals surface area contributed by atoms with Crippen LogP contribution in [0.4, 0.5) is 11.4 Å². The number of aryl methyl sites for hydroxylation is 2. The molecule has 2 aromatic carbocycles. The summed E-state index contributed by atoms with van der Waals surface area (Å²) in [6.45, 7) is 3.89. The maximum absolute atomic E-state index is 12.1. The van der Waals surface area contributed by atoms with Crippen LogP contribution >= 0.6 is 0 Å². The van der Waals surface area contributed by atoms with Crippen LogP contribution in [0.3, 0.4) is 0 Å². The number of carbonyl (C=O) groups is 1. The Morgan fingerprint density at radius 1 is 1.09 bits per heavy atom. The molecule has 110 valence electrons. The Labute approximate surface area is 130 Å². The summed E-state index contributed by atoms with van der Waals surface area (Å²) in [5.74, 6) is -0.434. The first-order valence-electron chi connectivity index (χ1n) is 6.90. The normalized spacial score (nSPS) is 10.7. The minimum absolute atomic E-state index is 0.0174. The number of nitrogens with one attached hydrogen (secondary N) is 2. The molecular weight excluding hydrogens is 274 g/mol. The zero-order chi connectivity index (χ0) is 15.9. The summed E-state index contributed by atoms with van der Waals surface area (Å²) >= 11 is 0. The molecule has 0 fully saturated rings. The fourth-order valence-corrected chi connectivity index (χ4v) is 1.86. The molecule has 0 bridgehead atoms. The first-order valence-corrected chi connectivity index (χ1v) is 6.90. The standard InChI is InChI=1S/C18H17N3O/c1-13-7-9-16(10-8-13)20-12-15(11-19)18(22)21-17-6-4-3-5-14(17)2/h3-10,12,20H,1-2H3,(H,21,22)/b15-12-. The molecule has 22 heavy (non-hydrogen) atoms. The molecule has 0 aliphatic heterocycles. The lowest BCUT2D eigenvalue weighted by atomic mass is 10.2. The molecule has 2 N–H and O–H groups in total. The van der Waals surface area contributed by atoms with Crippen molar-refractivity contribution in [3.63, 3.8) is 0 Å². The Balaban J connectivity index is 2.09. The molecule has 4 heteroatoms. The molecule has 0 aliphatic carbocycles. The number of carbonyl (C=O) groups excluding carboxylic acids is 1. The van der Waals surface area contributed by atoms with Crippen molar-refractivity contribution < 1.29 is 4.79 Å². The summed E-state index contributed by atoms with van der Waals surface area (Å²) in [7, 11) is 0. The molecular formula is C18H17N3O. The predicted molar refractivity (Wildman–Crippen MR) is 88.3 cm³/mol. The van der Waals surface area contributed by atoms with Gasteiger partial charge in [0.05, 0.1) is 0 Å². The lowest BCUT2D eigenvalue weighted by Gasteiger charge is -2.07. The average Bonchev–Trinajstić information content (AvgIpc) is 2.52. The molecule has 0 saturated carbocycles. The van der Waals surface area contributed by atoms with Crippen molar-refractivity contribution in [2.45, 2.75) is 13.8 Å². The van der Waals surface area contributed by atoms with E-state index in [4.69, 9.17) is 5.26 Å². The smallest absolute Gasteiger partial charge is 0.267 e. The van der Waals surface area contributed by atoms with E-state index in [9.17, 15) is 4.79 Å². The Morgan fingerprint density at radius 3 is 2.41 bits per heavy atom. The molecule has 0 heterocycles. The number of amides is 1. The van der Waals surface area contributed by atoms with Crippen LogP contribution in [0.1, 0.15) is 11.1 Å². The topological polar surface area (TPSA) is 64.9 Å². The van der Waals surface area contributed by atoms with Crippen molar-refractivity contribution in [2.24, 2.45) is 0 Å². The van der Waals surface area contributed by atoms with Gasteiger partial charge in [0.1, 0.15) is 11.6 Å². The van der Waals surface area contributed by atoms with E-state index in [0.717, 1.165) is 16.8 Å². The van der Waals surface area contributed by atoms with Crippen molar-refractivity contribution in [3.05, 3.63) is 71.4 Å². The number of para-hydroxylation sites is 1. The van der Waals surface area contributed by atoms with Crippen LogP contribution in [0.15, 0.2) is 60.3 Å². The fourth-order valence-electron chi connectivity index (χ4n) is 1.86. The molecule has 2 aromatic rings. The largest absolute Gasteiger partial charge is 0.360 e. The van der Waals surface area contributed by atoms with Crippen LogP contribution in [0.5, 0.6) is 0 Å². The molecule has 0 radical (unpaired) electrons. The quantitative estimate of drug-likeness (QED) is 0.666. The van der Waals surface area contributed by atoms with E-state index in [0.29, 0.717) is 5.69 Å². The second-order valence-corrected chi connectivity index (χ2v) is 4.95. The lowest BCUT2D eigenvalue weighted by molar-refractivity contribution is -0.112. The molecule has 0 aliphatic rings. The third kappa shape index (κ3) is 3.97. The fraction of sp³-hybridized carbons (Fsp3) is 0.111. The van der Waals surface area contributed by atoms with Crippen molar-refractivity contribution in [1.82, 2.24) is 0 Å². The van der Waals surface area contributed by atoms with Crippen LogP contribution in [0, 0.1) is 25.2 Å². The highest BCUT2D eigenvalue weighted by molar-refractivity contribution is 6.07. The average molecular weight is 291 g/mol. The van der Waals surface area contributed by atoms with E-state index in [1.165, 1.54) is 6.20 Å². The van der Waals surface area contributed by atoms with Gasteiger partial charge in [0.25, 0.3) is 5.91 Å². The third-order valence-corrected chi connectivity index (χ3v) is 3.19. The van der Waals surface area contributed by atoms with Gasteiger partial charge in [0.2, 0.25) is 0 Å². The van der Waals surface area contributed by atoms with Gasteiger partial charge >= 0.3 is 0 Å². The molecule has 0 unspecified atom stereocenters. The highest BCUT2D eigenvalue weighted by atomic mass is 16.1. The van der Waals surface area contributed by atoms with Gasteiger partial charge in [-0.25, -0.2) is 0 Å². The summed E-state index contributed by atoms with van der Waals surface area (Å²) in [6, 6.07) is 17.0. The molecule has 1 amide bonds. The van der Waals surface area contributed by atoms with Gasteiger partial charge in [-0.05, 0) is 37.6 Å². The van der Waals surface area contributed by atoms with Gasteiger partial charge in [-0.15, -0.1) is 0 Å². The molecule has 4 nitrogen and oxygen atoms in total. The van der Waals surface area contributed by atoms with Crippen LogP contribution in [0.2, 0.25) is 0 Å². The van der Waals surface area contributed by atoms with Crippen LogP contribution in [0.25, 0.3) is 0 Å². The summed E-state index contributed by atoms with van der Waals surface area (Å²) < 4.78 is 0. The first kappa shape index (κ1) is 15.3. The van der Waals surface area contributed by atoms with Gasteiger partial charge in [-0.3, -0.25) is 4.79 Å². The van der Waals surface area contributed by atoms with E-state index in [-0.39, 0.29) is 5.57 Å². The zero-order valence-electron chi connectivity index (χ0n) is 12.6. The second kappa shape index (κ2) is 7.09. The number of rotatable bonds is 4. The monoisotopic (exact) mass is 291 g/mol. The van der Waals surface area contributed by atoms with Crippen LogP contribution < -0.4 is 10.6 Å². The van der Waals surface area contributed by atoms with Crippen LogP contribution in [-0.4, -0.2) is 5.91 Å². The first-order chi connectivity index (χ1) is 10.6. The Morgan fingerprint density at radius 2 is 1.77 bits per heavy atom. The SMILES string of the molecule is Cc1ccc(N/C=C(/C#N)C(=O)Nc2ccccc2C)cc1. The van der Waals surface area contributed by atoms with E-state index in [1.54, 1.807) is 6.07 Å². The van der Waals surface area contributed by atoms with Crippen LogP contribution in [-0.2, 0) is 4.79 Å². The van der Waals surface area contributed by atoms with Gasteiger partial charge in [0, 0.05) is 17.6 Å². The highest BCUT2D eigenvalue weighted by Gasteiger charge is 2.10. The minimum atomic E-state index is -0.434. The summed E-state index contributed by atoms with van der Waals surface area (Å²) in [5, 5.41) is 14.8. The second-order valence-electron chi connectivity index (χ2n) is 4.95. The number of anilines is 2. The van der Waals surface area contributed by atoms with Gasteiger partial charge in [0.15, 0.2) is 0 Å². The van der Waals surface area contributed by atoms with Gasteiger partial charge in [-0.2, -0.15) is 5.26 Å². The lowest BCUT2D eigenvalue weighted by Crippen LogP contribution is -2.15. The van der Waals surface area contributed by atoms with Gasteiger partial charge in [-0.1, -0.05) is 35.9 Å². The molecule has 0 saturated heterocycles. The van der Waals surface area contributed by atoms with E-state index >= 15 is 0 Å². The van der Waals surface area contributed by atoms with Crippen molar-refractivity contribution in [3.8, 4) is 6.07 Å². The van der Waals surface area contributed by atoms with E-state index in [1.807, 2.05) is 62.4 Å². The number of benzene rings is 2. The van der Waals surface area contributed by atoms with Crippen molar-refractivity contribution in [1.29, 1.82) is 5.26 Å². The maximum Gasteiger partial charge on any atom is 0.267 e. The van der Waals surface area contributed by atoms with E-state index in [2.05, 4.69) is 10.6 Å². The van der Waals surface area contributed by atoms with Crippen molar-refractivity contribution >= 4 is 17.3 Å². The third-order valence-electron chi connectivity index (χ3n) is 3.19. The Hall–Kier alpha value is -3.06. The summed E-state index contributed by atoms with van der Waals surface area (Å²) in [5.41, 5.74) is 3.63. The maximum atomic E-state index is 12.1. The molecule has 0 spiro atoms. The number of hydrogen-bond acceptors (Lipinski definition) is 3. The van der Waals surface area contributed by atoms with E-state index < -0.39 is 5.91 Å². The van der Waals surface area contributed by atoms with Gasteiger partial charge < -0.3 is 10.6 Å². The molecule has 2 rings (SSSR count). The van der Waals surface area contributed by atoms with Crippen molar-refractivity contribution in [2.75, 3.05) is 10.6 Å². The molecule has 0 atom stereocenters. The number of hydrogen-bond donors (Lipinski definition) is 2. The summed E-state index contributed by atoms with van der Waals surface area (Å²) in [4.78, 5) is 12.1. The predicted octanol–water partition coefficient (Wildman–Crippen LogP) is 3.76.